The molecule has 0 saturated heterocycles. The van der Waals surface area contributed by atoms with Gasteiger partial charge < -0.3 is 19.9 Å². The molecule has 4 rings (SSSR count). The molecule has 0 radical (unpaired) electrons. The minimum absolute atomic E-state index is 0.0488. The lowest BCUT2D eigenvalue weighted by molar-refractivity contribution is 0.0974. The van der Waals surface area contributed by atoms with Crippen molar-refractivity contribution in [1.82, 2.24) is 0 Å². The van der Waals surface area contributed by atoms with Crippen LogP contribution in [-0.2, 0) is 0 Å². The van der Waals surface area contributed by atoms with E-state index in [0.717, 1.165) is 27.6 Å². The first-order valence-electron chi connectivity index (χ1n) is 8.38. The number of fused-ring (bicyclic) bond motifs is 3. The van der Waals surface area contributed by atoms with Crippen LogP contribution in [0.4, 0.5) is 5.69 Å². The molecule has 0 aliphatic carbocycles. The molecule has 0 aromatic heterocycles. The Balaban J connectivity index is 1.79. The molecule has 132 valence electrons. The van der Waals surface area contributed by atoms with E-state index >= 15 is 0 Å². The van der Waals surface area contributed by atoms with E-state index in [0.29, 0.717) is 17.9 Å². The Morgan fingerprint density at radius 1 is 1.04 bits per heavy atom. The molecule has 1 atom stereocenters. The van der Waals surface area contributed by atoms with E-state index in [2.05, 4.69) is 5.32 Å². The van der Waals surface area contributed by atoms with Crippen LogP contribution in [-0.4, -0.2) is 25.1 Å². The molecule has 26 heavy (non-hydrogen) atoms. The summed E-state index contributed by atoms with van der Waals surface area (Å²) in [5.41, 5.74) is 2.37. The monoisotopic (exact) mass is 349 g/mol. The largest absolute Gasteiger partial charge is 0.502 e. The highest BCUT2D eigenvalue weighted by atomic mass is 16.5. The van der Waals surface area contributed by atoms with Gasteiger partial charge in [0.2, 0.25) is 5.75 Å². The Morgan fingerprint density at radius 2 is 1.73 bits per heavy atom. The number of nitrogens with one attached hydrogen (secondary N) is 1. The lowest BCUT2D eigenvalue weighted by Crippen LogP contribution is -2.23. The standard InChI is InChI=1S/C21H19NO4/c1-25-18-9-13(10-19(26-2)21(18)24)16-11-17(23)20-14-6-4-3-5-12(14)7-8-15(20)22-16/h3-10,16,22,24H,11H2,1-2H3. The fourth-order valence-electron chi connectivity index (χ4n) is 3.53. The van der Waals surface area contributed by atoms with Gasteiger partial charge in [-0.1, -0.05) is 30.3 Å². The van der Waals surface area contributed by atoms with Crippen LogP contribution < -0.4 is 14.8 Å². The molecule has 3 aromatic rings. The number of carbonyl (C=O) groups is 1. The van der Waals surface area contributed by atoms with Gasteiger partial charge in [-0.25, -0.2) is 0 Å². The summed E-state index contributed by atoms with van der Waals surface area (Å²) in [5.74, 6) is 0.676. The number of phenolic OH excluding ortho intramolecular Hbond substituents is 1. The predicted molar refractivity (Wildman–Crippen MR) is 100 cm³/mol. The van der Waals surface area contributed by atoms with Gasteiger partial charge in [0, 0.05) is 17.7 Å². The number of hydrogen-bond donors (Lipinski definition) is 2. The second-order valence-corrected chi connectivity index (χ2v) is 6.31. The van der Waals surface area contributed by atoms with E-state index in [1.165, 1.54) is 14.2 Å². The van der Waals surface area contributed by atoms with Gasteiger partial charge in [-0.3, -0.25) is 4.79 Å². The van der Waals surface area contributed by atoms with Gasteiger partial charge in [-0.05, 0) is 34.5 Å². The molecule has 1 unspecified atom stereocenters. The van der Waals surface area contributed by atoms with Gasteiger partial charge in [-0.15, -0.1) is 0 Å². The molecular weight excluding hydrogens is 330 g/mol. The van der Waals surface area contributed by atoms with Crippen LogP contribution in [0.15, 0.2) is 48.5 Å². The number of benzene rings is 3. The zero-order valence-electron chi connectivity index (χ0n) is 14.6. The number of rotatable bonds is 3. The molecule has 1 aliphatic rings. The Bertz CT molecular complexity index is 987. The third-order valence-electron chi connectivity index (χ3n) is 4.83. The van der Waals surface area contributed by atoms with Crippen molar-refractivity contribution in [3.63, 3.8) is 0 Å². The first kappa shape index (κ1) is 16.3. The second kappa shape index (κ2) is 6.26. The topological polar surface area (TPSA) is 67.8 Å². The van der Waals surface area contributed by atoms with E-state index < -0.39 is 0 Å². The Kier molecular flexibility index (Phi) is 3.92. The van der Waals surface area contributed by atoms with E-state index in [9.17, 15) is 9.90 Å². The van der Waals surface area contributed by atoms with Gasteiger partial charge in [0.25, 0.3) is 0 Å². The minimum Gasteiger partial charge on any atom is -0.502 e. The molecule has 1 heterocycles. The van der Waals surface area contributed by atoms with Crippen molar-refractivity contribution in [3.8, 4) is 17.2 Å². The third kappa shape index (κ3) is 2.52. The fourth-order valence-corrected chi connectivity index (χ4v) is 3.53. The summed E-state index contributed by atoms with van der Waals surface area (Å²) in [6.45, 7) is 0. The maximum atomic E-state index is 12.9. The van der Waals surface area contributed by atoms with Gasteiger partial charge in [0.05, 0.1) is 20.3 Å². The van der Waals surface area contributed by atoms with Gasteiger partial charge in [0.15, 0.2) is 17.3 Å². The molecule has 0 saturated carbocycles. The quantitative estimate of drug-likeness (QED) is 0.738. The molecule has 0 spiro atoms. The number of Topliss-reactive ketones (excluding diaryl/α,β-unsaturated/α-hetero) is 1. The van der Waals surface area contributed by atoms with Crippen LogP contribution >= 0.6 is 0 Å². The number of ether oxygens (including phenoxy) is 2. The van der Waals surface area contributed by atoms with Crippen molar-refractivity contribution in [3.05, 3.63) is 59.7 Å². The number of anilines is 1. The molecule has 5 heteroatoms. The highest BCUT2D eigenvalue weighted by Gasteiger charge is 2.28. The Hall–Kier alpha value is -3.21. The summed E-state index contributed by atoms with van der Waals surface area (Å²) < 4.78 is 10.5. The van der Waals surface area contributed by atoms with E-state index in [4.69, 9.17) is 9.47 Å². The third-order valence-corrected chi connectivity index (χ3v) is 4.83. The molecule has 1 aliphatic heterocycles. The molecule has 3 aromatic carbocycles. The predicted octanol–water partition coefficient (Wildman–Crippen LogP) is 4.30. The van der Waals surface area contributed by atoms with Crippen LogP contribution in [0.3, 0.4) is 0 Å². The molecule has 0 amide bonds. The molecule has 5 nitrogen and oxygen atoms in total. The maximum absolute atomic E-state index is 12.9. The lowest BCUT2D eigenvalue weighted by Gasteiger charge is -2.28. The first-order chi connectivity index (χ1) is 12.6. The summed E-state index contributed by atoms with van der Waals surface area (Å²) in [7, 11) is 2.97. The summed E-state index contributed by atoms with van der Waals surface area (Å²) >= 11 is 0. The Labute approximate surface area is 151 Å². The number of phenols is 1. The number of carbonyl (C=O) groups excluding carboxylic acids is 1. The average Bonchev–Trinajstić information content (AvgIpc) is 2.67. The summed E-state index contributed by atoms with van der Waals surface area (Å²) in [6, 6.07) is 15.1. The average molecular weight is 349 g/mol. The van der Waals surface area contributed by atoms with E-state index in [1.54, 1.807) is 12.1 Å². The zero-order valence-corrected chi connectivity index (χ0v) is 14.6. The lowest BCUT2D eigenvalue weighted by atomic mass is 9.89. The van der Waals surface area contributed by atoms with Crippen LogP contribution in [0.2, 0.25) is 0 Å². The van der Waals surface area contributed by atoms with Crippen molar-refractivity contribution in [2.75, 3.05) is 19.5 Å². The highest BCUT2D eigenvalue weighted by Crippen LogP contribution is 2.42. The number of methoxy groups -OCH3 is 2. The van der Waals surface area contributed by atoms with Crippen molar-refractivity contribution in [2.45, 2.75) is 12.5 Å². The molecule has 0 fully saturated rings. The zero-order chi connectivity index (χ0) is 18.3. The van der Waals surface area contributed by atoms with Gasteiger partial charge >= 0.3 is 0 Å². The normalized spacial score (nSPS) is 16.1. The van der Waals surface area contributed by atoms with E-state index in [-0.39, 0.29) is 17.6 Å². The van der Waals surface area contributed by atoms with Crippen LogP contribution in [0.5, 0.6) is 17.2 Å². The van der Waals surface area contributed by atoms with Crippen LogP contribution in [0.1, 0.15) is 28.4 Å². The van der Waals surface area contributed by atoms with E-state index in [1.807, 2.05) is 36.4 Å². The number of ketones is 1. The summed E-state index contributed by atoms with van der Waals surface area (Å²) in [5, 5.41) is 15.6. The SMILES string of the molecule is COc1cc(C2CC(=O)c3c(ccc4ccccc34)N2)cc(OC)c1O. The highest BCUT2D eigenvalue weighted by molar-refractivity contribution is 6.14. The summed E-state index contributed by atoms with van der Waals surface area (Å²) in [4.78, 5) is 12.9. The molecule has 0 bridgehead atoms. The van der Waals surface area contributed by atoms with Gasteiger partial charge in [0.1, 0.15) is 0 Å². The van der Waals surface area contributed by atoms with Gasteiger partial charge in [-0.2, -0.15) is 0 Å². The smallest absolute Gasteiger partial charge is 0.200 e. The van der Waals surface area contributed by atoms with Crippen molar-refractivity contribution >= 4 is 22.2 Å². The fraction of sp³-hybridized carbons (Fsp3) is 0.190. The second-order valence-electron chi connectivity index (χ2n) is 6.31. The maximum Gasteiger partial charge on any atom is 0.200 e. The number of aromatic hydroxyl groups is 1. The summed E-state index contributed by atoms with van der Waals surface area (Å²) in [6.07, 6.45) is 0.318. The molecular formula is C21H19NO4. The van der Waals surface area contributed by atoms with Crippen LogP contribution in [0, 0.1) is 0 Å². The first-order valence-corrected chi connectivity index (χ1v) is 8.38. The van der Waals surface area contributed by atoms with Crippen molar-refractivity contribution in [2.24, 2.45) is 0 Å². The Morgan fingerprint density at radius 3 is 2.42 bits per heavy atom. The number of hydrogen-bond acceptors (Lipinski definition) is 5. The van der Waals surface area contributed by atoms with Crippen molar-refractivity contribution < 1.29 is 19.4 Å². The molecule has 2 N–H and O–H groups in total. The van der Waals surface area contributed by atoms with Crippen LogP contribution in [0.25, 0.3) is 10.8 Å². The van der Waals surface area contributed by atoms with Crippen molar-refractivity contribution in [1.29, 1.82) is 0 Å². The minimum atomic E-state index is -0.223.